The van der Waals surface area contributed by atoms with Gasteiger partial charge in [0.1, 0.15) is 0 Å². The first-order chi connectivity index (χ1) is 15.7. The van der Waals surface area contributed by atoms with Crippen molar-refractivity contribution in [1.29, 1.82) is 0 Å². The molecule has 0 saturated heterocycles. The summed E-state index contributed by atoms with van der Waals surface area (Å²) in [6.07, 6.45) is 1.16. The number of rotatable bonds is 3. The summed E-state index contributed by atoms with van der Waals surface area (Å²) in [4.78, 5) is 0. The fourth-order valence-electron chi connectivity index (χ4n) is 3.31. The second-order valence-electron chi connectivity index (χ2n) is 7.17. The molecule has 0 spiro atoms. The Balaban J connectivity index is 0.000000151. The average molecular weight is 537 g/mol. The van der Waals surface area contributed by atoms with E-state index in [1.54, 1.807) is 0 Å². The zero-order valence-corrected chi connectivity index (χ0v) is 22.1. The van der Waals surface area contributed by atoms with Crippen molar-refractivity contribution in [3.63, 3.8) is 0 Å². The van der Waals surface area contributed by atoms with Crippen LogP contribution in [0.25, 0.3) is 10.8 Å². The van der Waals surface area contributed by atoms with E-state index in [1.165, 1.54) is 16.3 Å². The van der Waals surface area contributed by atoms with Crippen LogP contribution in [0.15, 0.2) is 127 Å². The first-order valence-electron chi connectivity index (χ1n) is 10.7. The summed E-state index contributed by atoms with van der Waals surface area (Å²) in [7, 11) is 12.5. The maximum Gasteiger partial charge on any atom is -0.0809 e. The summed E-state index contributed by atoms with van der Waals surface area (Å²) in [5.74, 6) is 0. The Labute approximate surface area is 206 Å². The van der Waals surface area contributed by atoms with Gasteiger partial charge in [-0.05, 0) is 0 Å². The van der Waals surface area contributed by atoms with Crippen LogP contribution in [0.2, 0.25) is 0 Å². The summed E-state index contributed by atoms with van der Waals surface area (Å²) in [6, 6.07) is 43.4. The molecule has 0 bridgehead atoms. The topological polar surface area (TPSA) is 0 Å². The van der Waals surface area contributed by atoms with Crippen LogP contribution >= 0.6 is 17.0 Å². The Morgan fingerprint density at radius 3 is 1.78 bits per heavy atom. The second-order valence-corrected chi connectivity index (χ2v) is 15.3. The van der Waals surface area contributed by atoms with Crippen molar-refractivity contribution < 1.29 is 18.9 Å². The molecule has 0 N–H and O–H groups in total. The van der Waals surface area contributed by atoms with Crippen LogP contribution in [0.4, 0.5) is 0 Å². The van der Waals surface area contributed by atoms with E-state index >= 15 is 0 Å². The number of benzene rings is 3. The standard InChI is InChI=1S/C13H10.C9H7.C7H9.2ClH.Zr/c1-3-7-12(8-4-1)11-13-9-5-2-6-10-13;1-2-5-9-7-3-6-8(9)4-1;1-2-7-5-3-4-6-7;;;/h1-10H;1-7H;3-6H,2H2,1H3;2*1H;/q;2*-1;;;+2/p-2. The van der Waals surface area contributed by atoms with Gasteiger partial charge in [-0.25, -0.2) is 6.07 Å². The van der Waals surface area contributed by atoms with Crippen LogP contribution in [0.1, 0.15) is 23.6 Å². The molecule has 162 valence electrons. The van der Waals surface area contributed by atoms with Crippen molar-refractivity contribution in [2.75, 3.05) is 0 Å². The zero-order chi connectivity index (χ0) is 22.6. The third kappa shape index (κ3) is 7.52. The molecule has 0 aliphatic carbocycles. The summed E-state index contributed by atoms with van der Waals surface area (Å²) in [5, 5.41) is 2.66. The van der Waals surface area contributed by atoms with Crippen molar-refractivity contribution in [1.82, 2.24) is 0 Å². The molecule has 0 heterocycles. The minimum atomic E-state index is -2.44. The van der Waals surface area contributed by atoms with Crippen LogP contribution in [-0.2, 0) is 25.3 Å². The minimum Gasteiger partial charge on any atom is -0.168 e. The Bertz CT molecular complexity index is 1130. The third-order valence-electron chi connectivity index (χ3n) is 5.00. The molecule has 0 amide bonds. The summed E-state index contributed by atoms with van der Waals surface area (Å²) in [5.41, 5.74) is 3.72. The fraction of sp³-hybridized carbons (Fsp3) is 0.0690. The predicted molar refractivity (Wildman–Crippen MR) is 139 cm³/mol. The summed E-state index contributed by atoms with van der Waals surface area (Å²) in [6.45, 7) is 2.16. The molecular formula is C29H26Cl2Zr-2. The van der Waals surface area contributed by atoms with E-state index in [-0.39, 0.29) is 0 Å². The van der Waals surface area contributed by atoms with Crippen LogP contribution in [0.5, 0.6) is 0 Å². The van der Waals surface area contributed by atoms with Crippen LogP contribution < -0.4 is 0 Å². The van der Waals surface area contributed by atoms with Crippen LogP contribution in [0.3, 0.4) is 0 Å². The summed E-state index contributed by atoms with van der Waals surface area (Å²) < 4.78 is 1.15. The summed E-state index contributed by atoms with van der Waals surface area (Å²) >= 11 is -2.44. The number of fused-ring (bicyclic) bond motifs is 1. The Kier molecular flexibility index (Phi) is 10.4. The molecule has 5 rings (SSSR count). The smallest absolute Gasteiger partial charge is 0.0809 e. The first kappa shape index (κ1) is 24.6. The molecule has 0 radical (unpaired) electrons. The molecule has 0 unspecified atom stereocenters. The SMILES string of the molecule is CCc1cc[cH-]c1.[Cl][Zr]([Cl])=[C](c1ccccc1)c1ccccc1.c1ccc2[cH-]ccc2c1. The van der Waals surface area contributed by atoms with Crippen molar-refractivity contribution in [2.24, 2.45) is 0 Å². The minimum absolute atomic E-state index is 1.15. The first-order valence-corrected chi connectivity index (χ1v) is 18.2. The van der Waals surface area contributed by atoms with Gasteiger partial charge in [0.15, 0.2) is 0 Å². The molecule has 5 aromatic carbocycles. The van der Waals surface area contributed by atoms with Gasteiger partial charge in [0, 0.05) is 0 Å². The molecule has 0 aliphatic heterocycles. The van der Waals surface area contributed by atoms with Crippen molar-refractivity contribution in [3.05, 3.63) is 144 Å². The number of hydrogen-bond acceptors (Lipinski definition) is 0. The number of aryl methyl sites for hydroxylation is 1. The molecule has 32 heavy (non-hydrogen) atoms. The monoisotopic (exact) mass is 534 g/mol. The van der Waals surface area contributed by atoms with Crippen LogP contribution in [-0.4, -0.2) is 3.21 Å². The largest absolute Gasteiger partial charge is 0.168 e. The molecule has 0 nitrogen and oxygen atoms in total. The Morgan fingerprint density at radius 1 is 0.719 bits per heavy atom. The Hall–Kier alpha value is -2.05. The van der Waals surface area contributed by atoms with E-state index in [4.69, 9.17) is 17.0 Å². The van der Waals surface area contributed by atoms with Gasteiger partial charge in [0.05, 0.1) is 0 Å². The third-order valence-corrected chi connectivity index (χ3v) is 9.59. The maximum absolute atomic E-state index is 6.24. The fourth-order valence-corrected chi connectivity index (χ4v) is 7.79. The van der Waals surface area contributed by atoms with Gasteiger partial charge in [-0.2, -0.15) is 41.3 Å². The molecule has 0 aliphatic rings. The molecule has 0 saturated carbocycles. The Morgan fingerprint density at radius 2 is 1.31 bits per heavy atom. The quantitative estimate of drug-likeness (QED) is 0.202. The van der Waals surface area contributed by atoms with Crippen molar-refractivity contribution in [2.45, 2.75) is 13.3 Å². The zero-order valence-electron chi connectivity index (χ0n) is 18.1. The van der Waals surface area contributed by atoms with Gasteiger partial charge in [-0.3, -0.25) is 0 Å². The predicted octanol–water partition coefficient (Wildman–Crippen LogP) is 8.71. The normalized spacial score (nSPS) is 9.84. The second kappa shape index (κ2) is 13.5. The van der Waals surface area contributed by atoms with Gasteiger partial charge >= 0.3 is 111 Å². The van der Waals surface area contributed by atoms with E-state index in [2.05, 4.69) is 97.9 Å². The van der Waals surface area contributed by atoms with Gasteiger partial charge in [-0.1, -0.05) is 19.4 Å². The molecule has 3 heteroatoms. The van der Waals surface area contributed by atoms with Gasteiger partial charge in [-0.15, -0.1) is 29.7 Å². The number of hydrogen-bond donors (Lipinski definition) is 0. The molecular weight excluding hydrogens is 510 g/mol. The van der Waals surface area contributed by atoms with Gasteiger partial charge < -0.3 is 0 Å². The molecule has 0 aromatic heterocycles. The molecule has 5 aromatic rings. The van der Waals surface area contributed by atoms with E-state index < -0.39 is 18.9 Å². The molecule has 0 fully saturated rings. The molecule has 0 atom stereocenters. The average Bonchev–Trinajstić information content (AvgIpc) is 3.53. The van der Waals surface area contributed by atoms with Gasteiger partial charge in [0.25, 0.3) is 0 Å². The van der Waals surface area contributed by atoms with E-state index in [1.807, 2.05) is 36.4 Å². The van der Waals surface area contributed by atoms with E-state index in [9.17, 15) is 0 Å². The van der Waals surface area contributed by atoms with Crippen LogP contribution in [0, 0.1) is 0 Å². The van der Waals surface area contributed by atoms with E-state index in [0.717, 1.165) is 20.8 Å². The number of halogens is 2. The van der Waals surface area contributed by atoms with Crippen molar-refractivity contribution in [3.8, 4) is 0 Å². The van der Waals surface area contributed by atoms with Gasteiger partial charge in [0.2, 0.25) is 0 Å². The van der Waals surface area contributed by atoms with E-state index in [0.29, 0.717) is 0 Å². The maximum atomic E-state index is 6.24. The van der Waals surface area contributed by atoms with Crippen molar-refractivity contribution >= 4 is 31.0 Å².